The van der Waals surface area contributed by atoms with Crippen LogP contribution >= 0.6 is 0 Å². The molecule has 0 aliphatic carbocycles. The van der Waals surface area contributed by atoms with Crippen molar-refractivity contribution in [3.05, 3.63) is 33.1 Å². The van der Waals surface area contributed by atoms with Gasteiger partial charge in [-0.2, -0.15) is 0 Å². The van der Waals surface area contributed by atoms with E-state index in [1.54, 1.807) is 20.8 Å². The minimum absolute atomic E-state index is 0.00617. The molecular formula is C30H52N2O11Si2. The highest BCUT2D eigenvalue weighted by Gasteiger charge is 2.62. The first-order valence-corrected chi connectivity index (χ1v) is 19.6. The Morgan fingerprint density at radius 3 is 2.07 bits per heavy atom. The van der Waals surface area contributed by atoms with Gasteiger partial charge in [0.15, 0.2) is 13.0 Å². The number of hydrogen-bond acceptors (Lipinski definition) is 11. The van der Waals surface area contributed by atoms with Crippen LogP contribution in [0.2, 0.25) is 22.2 Å². The van der Waals surface area contributed by atoms with E-state index in [-0.39, 0.29) is 28.8 Å². The van der Waals surface area contributed by atoms with Crippen LogP contribution in [-0.2, 0) is 48.2 Å². The zero-order valence-electron chi connectivity index (χ0n) is 28.8. The lowest BCUT2D eigenvalue weighted by Gasteiger charge is -2.51. The van der Waals surface area contributed by atoms with Crippen molar-refractivity contribution in [2.45, 2.75) is 130 Å². The number of carbonyl (C=O) groups is 2. The minimum Gasteiger partial charge on any atom is -0.467 e. The lowest BCUT2D eigenvalue weighted by atomic mass is 9.98. The number of rotatable bonds is 10. The number of hydrogen-bond donors (Lipinski definition) is 0. The SMILES string of the molecule is COC(=O)CO[C@H]1C2O[Si](C(C)C)(C(C)C)O[Si](C(C)C)(C(C)C)OC[C@H]2O[C@H]1n1ccc(=O)n(COC(=O)C(C)(C)C)c1=O. The summed E-state index contributed by atoms with van der Waals surface area (Å²) in [6.07, 6.45) is -2.28. The van der Waals surface area contributed by atoms with Crippen LogP contribution < -0.4 is 11.2 Å². The largest absolute Gasteiger partial charge is 0.467 e. The molecule has 0 bridgehead atoms. The Morgan fingerprint density at radius 1 is 0.978 bits per heavy atom. The molecule has 4 atom stereocenters. The van der Waals surface area contributed by atoms with Crippen molar-refractivity contribution in [3.8, 4) is 0 Å². The van der Waals surface area contributed by atoms with Crippen molar-refractivity contribution in [2.24, 2.45) is 5.41 Å². The zero-order chi connectivity index (χ0) is 34.1. The second kappa shape index (κ2) is 14.3. The lowest BCUT2D eigenvalue weighted by Crippen LogP contribution is -2.66. The molecule has 0 radical (unpaired) electrons. The first-order chi connectivity index (χ1) is 20.8. The highest BCUT2D eigenvalue weighted by atomic mass is 28.5. The summed E-state index contributed by atoms with van der Waals surface area (Å²) in [5, 5.41) is 0. The van der Waals surface area contributed by atoms with Crippen molar-refractivity contribution in [1.82, 2.24) is 9.13 Å². The molecule has 3 rings (SSSR count). The molecule has 15 heteroatoms. The number of carbonyl (C=O) groups excluding carboxylic acids is 2. The number of ether oxygens (including phenoxy) is 4. The number of nitrogens with zero attached hydrogens (tertiary/aromatic N) is 2. The molecule has 1 aromatic rings. The quantitative estimate of drug-likeness (QED) is 0.263. The molecule has 0 spiro atoms. The first kappa shape index (κ1) is 37.3. The minimum atomic E-state index is -3.12. The average molecular weight is 673 g/mol. The van der Waals surface area contributed by atoms with E-state index in [0.717, 1.165) is 4.57 Å². The van der Waals surface area contributed by atoms with Crippen LogP contribution in [0.1, 0.15) is 82.4 Å². The summed E-state index contributed by atoms with van der Waals surface area (Å²) < 4.78 is 46.0. The smallest absolute Gasteiger partial charge is 0.335 e. The molecule has 1 unspecified atom stereocenters. The van der Waals surface area contributed by atoms with Gasteiger partial charge in [0, 0.05) is 12.3 Å². The van der Waals surface area contributed by atoms with Gasteiger partial charge in [-0.25, -0.2) is 14.2 Å². The molecule has 0 saturated carbocycles. The summed E-state index contributed by atoms with van der Waals surface area (Å²) in [6, 6.07) is 1.19. The molecule has 0 amide bonds. The van der Waals surface area contributed by atoms with Gasteiger partial charge in [0.2, 0.25) is 0 Å². The van der Waals surface area contributed by atoms with Gasteiger partial charge in [0.1, 0.15) is 24.9 Å². The maximum absolute atomic E-state index is 13.8. The summed E-state index contributed by atoms with van der Waals surface area (Å²) in [6.45, 7) is 20.9. The Balaban J connectivity index is 2.15. The molecular weight excluding hydrogens is 621 g/mol. The Kier molecular flexibility index (Phi) is 11.9. The Hall–Kier alpha value is -2.15. The fraction of sp³-hybridized carbons (Fsp3) is 0.800. The van der Waals surface area contributed by atoms with E-state index in [1.807, 2.05) is 0 Å². The third-order valence-corrected chi connectivity index (χ3v) is 18.8. The molecule has 2 aliphatic rings. The predicted molar refractivity (Wildman–Crippen MR) is 170 cm³/mol. The van der Waals surface area contributed by atoms with Gasteiger partial charge in [0.25, 0.3) is 5.56 Å². The monoisotopic (exact) mass is 672 g/mol. The fourth-order valence-electron chi connectivity index (χ4n) is 5.93. The van der Waals surface area contributed by atoms with Crippen LogP contribution in [0.25, 0.3) is 0 Å². The normalized spacial score (nSPS) is 24.9. The molecule has 13 nitrogen and oxygen atoms in total. The van der Waals surface area contributed by atoms with Gasteiger partial charge in [-0.3, -0.25) is 14.2 Å². The summed E-state index contributed by atoms with van der Waals surface area (Å²) in [5.74, 6) is -1.19. The lowest BCUT2D eigenvalue weighted by molar-refractivity contribution is -0.157. The standard InChI is InChI=1S/C30H52N2O11Si2/c1-18(2)44(19(3)4)40-15-22-25(42-45(43-44,20(5)6)21(7)8)26(38-16-24(34)37-12)27(41-22)31-14-13-23(33)32(29(31)36)17-39-28(35)30(9,10)11/h13-14,18-22,25-27H,15-17H2,1-12H3/t22-,25?,26+,27-/m1/s1. The van der Waals surface area contributed by atoms with Crippen molar-refractivity contribution < 1.29 is 41.5 Å². The van der Waals surface area contributed by atoms with Gasteiger partial charge in [0.05, 0.1) is 19.1 Å². The maximum atomic E-state index is 13.8. The van der Waals surface area contributed by atoms with Gasteiger partial charge in [-0.05, 0) is 42.9 Å². The fourth-order valence-corrected chi connectivity index (χ4v) is 17.1. The van der Waals surface area contributed by atoms with Gasteiger partial charge < -0.3 is 31.9 Å². The third kappa shape index (κ3) is 7.55. The summed E-state index contributed by atoms with van der Waals surface area (Å²) in [4.78, 5) is 51.2. The Morgan fingerprint density at radius 2 is 1.56 bits per heavy atom. The van der Waals surface area contributed by atoms with E-state index >= 15 is 0 Å². The van der Waals surface area contributed by atoms with Crippen LogP contribution in [-0.4, -0.2) is 76.8 Å². The number of aromatic nitrogens is 2. The molecule has 2 aliphatic heterocycles. The van der Waals surface area contributed by atoms with E-state index in [9.17, 15) is 19.2 Å². The zero-order valence-corrected chi connectivity index (χ0v) is 30.8. The summed E-state index contributed by atoms with van der Waals surface area (Å²) in [7, 11) is -4.76. The van der Waals surface area contributed by atoms with Crippen LogP contribution in [0.5, 0.6) is 0 Å². The number of esters is 2. The van der Waals surface area contributed by atoms with Crippen molar-refractivity contribution in [2.75, 3.05) is 20.3 Å². The van der Waals surface area contributed by atoms with Gasteiger partial charge >= 0.3 is 34.8 Å². The van der Waals surface area contributed by atoms with E-state index in [1.165, 1.54) is 23.9 Å². The number of methoxy groups -OCH3 is 1. The summed E-state index contributed by atoms with van der Waals surface area (Å²) >= 11 is 0. The van der Waals surface area contributed by atoms with Crippen LogP contribution in [0.4, 0.5) is 0 Å². The molecule has 45 heavy (non-hydrogen) atoms. The Labute approximate surface area is 267 Å². The topological polar surface area (TPSA) is 143 Å². The molecule has 0 N–H and O–H groups in total. The van der Waals surface area contributed by atoms with Crippen molar-refractivity contribution >= 4 is 29.1 Å². The van der Waals surface area contributed by atoms with Crippen LogP contribution in [0, 0.1) is 5.41 Å². The van der Waals surface area contributed by atoms with E-state index in [0.29, 0.717) is 0 Å². The van der Waals surface area contributed by atoms with Crippen LogP contribution in [0.15, 0.2) is 21.9 Å². The molecule has 3 heterocycles. The highest BCUT2D eigenvalue weighted by Crippen LogP contribution is 2.48. The second-order valence-electron chi connectivity index (χ2n) is 14.1. The average Bonchev–Trinajstić information content (AvgIpc) is 3.25. The Bertz CT molecular complexity index is 1300. The highest BCUT2D eigenvalue weighted by molar-refractivity contribution is 6.84. The first-order valence-electron chi connectivity index (χ1n) is 15.7. The number of fused-ring (bicyclic) bond motifs is 1. The molecule has 0 aromatic carbocycles. The second-order valence-corrected chi connectivity index (χ2v) is 22.9. The van der Waals surface area contributed by atoms with E-state index in [4.69, 9.17) is 31.9 Å². The summed E-state index contributed by atoms with van der Waals surface area (Å²) in [5.41, 5.74) is -2.05. The maximum Gasteiger partial charge on any atom is 0.335 e. The molecule has 2 saturated heterocycles. The third-order valence-electron chi connectivity index (χ3n) is 8.55. The van der Waals surface area contributed by atoms with Gasteiger partial charge in [-0.1, -0.05) is 55.4 Å². The van der Waals surface area contributed by atoms with Crippen molar-refractivity contribution in [1.29, 1.82) is 0 Å². The molecule has 1 aromatic heterocycles. The van der Waals surface area contributed by atoms with E-state index in [2.05, 4.69) is 55.4 Å². The molecule has 2 fully saturated rings. The van der Waals surface area contributed by atoms with Gasteiger partial charge in [-0.15, -0.1) is 0 Å². The van der Waals surface area contributed by atoms with Crippen LogP contribution in [0.3, 0.4) is 0 Å². The van der Waals surface area contributed by atoms with Crippen molar-refractivity contribution in [3.63, 3.8) is 0 Å². The van der Waals surface area contributed by atoms with E-state index < -0.39 is 83.6 Å². The predicted octanol–water partition coefficient (Wildman–Crippen LogP) is 3.97. The molecule has 256 valence electrons.